The largest absolute Gasteiger partial charge is 0.298 e. The van der Waals surface area contributed by atoms with Gasteiger partial charge in [-0.25, -0.2) is 0 Å². The molecule has 0 N–H and O–H groups in total. The first kappa shape index (κ1) is 13.9. The Hall–Kier alpha value is -3.01. The van der Waals surface area contributed by atoms with Crippen LogP contribution in [-0.2, 0) is 0 Å². The summed E-state index contributed by atoms with van der Waals surface area (Å²) in [6.07, 6.45) is 0.765. The van der Waals surface area contributed by atoms with E-state index < -0.39 is 4.92 Å². The highest BCUT2D eigenvalue weighted by Crippen LogP contribution is 2.35. The van der Waals surface area contributed by atoms with Gasteiger partial charge in [-0.05, 0) is 34.9 Å². The number of hydrogen-bond acceptors (Lipinski definition) is 3. The molecule has 0 atom stereocenters. The normalized spacial score (nSPS) is 10.6. The van der Waals surface area contributed by atoms with Crippen molar-refractivity contribution in [2.45, 2.75) is 6.92 Å². The number of fused-ring (bicyclic) bond motifs is 1. The summed E-state index contributed by atoms with van der Waals surface area (Å²) in [6, 6.07) is 16.2. The van der Waals surface area contributed by atoms with Gasteiger partial charge in [-0.3, -0.25) is 14.9 Å². The van der Waals surface area contributed by atoms with Gasteiger partial charge in [0.05, 0.1) is 10.5 Å². The highest BCUT2D eigenvalue weighted by atomic mass is 16.6. The van der Waals surface area contributed by atoms with E-state index in [9.17, 15) is 14.9 Å². The lowest BCUT2D eigenvalue weighted by Crippen LogP contribution is -1.96. The number of aryl methyl sites for hydroxylation is 1. The monoisotopic (exact) mass is 291 g/mol. The Balaban J connectivity index is 2.36. The second kappa shape index (κ2) is 5.41. The van der Waals surface area contributed by atoms with Crippen molar-refractivity contribution >= 4 is 22.7 Å². The third kappa shape index (κ3) is 2.24. The number of nitro benzene ring substituents is 1. The molecular formula is C18H13NO3. The molecule has 0 heterocycles. The zero-order valence-electron chi connectivity index (χ0n) is 11.9. The topological polar surface area (TPSA) is 60.2 Å². The molecule has 3 aromatic carbocycles. The minimum Gasteiger partial charge on any atom is -0.298 e. The molecule has 4 heteroatoms. The number of hydrogen-bond donors (Lipinski definition) is 0. The molecule has 0 saturated heterocycles. The Labute approximate surface area is 127 Å². The number of rotatable bonds is 3. The fourth-order valence-electron chi connectivity index (χ4n) is 2.68. The number of carbonyl (C=O) groups is 1. The number of benzene rings is 3. The van der Waals surface area contributed by atoms with Crippen LogP contribution in [-0.4, -0.2) is 11.2 Å². The predicted octanol–water partition coefficient (Wildman–Crippen LogP) is 4.54. The van der Waals surface area contributed by atoms with Gasteiger partial charge in [-0.15, -0.1) is 0 Å². The lowest BCUT2D eigenvalue weighted by molar-refractivity contribution is -0.384. The maximum atomic E-state index is 11.6. The molecule has 108 valence electrons. The van der Waals surface area contributed by atoms with Crippen LogP contribution in [0.2, 0.25) is 0 Å². The van der Waals surface area contributed by atoms with Crippen LogP contribution in [0.15, 0.2) is 54.6 Å². The van der Waals surface area contributed by atoms with Crippen molar-refractivity contribution < 1.29 is 9.72 Å². The molecule has 0 spiro atoms. The zero-order valence-corrected chi connectivity index (χ0v) is 11.9. The van der Waals surface area contributed by atoms with Crippen LogP contribution >= 0.6 is 0 Å². The number of nitrogens with zero attached hydrogens (tertiary/aromatic N) is 1. The van der Waals surface area contributed by atoms with Crippen LogP contribution in [0.25, 0.3) is 21.9 Å². The van der Waals surface area contributed by atoms with Gasteiger partial charge in [0, 0.05) is 11.6 Å². The summed E-state index contributed by atoms with van der Waals surface area (Å²) in [6.45, 7) is 1.80. The van der Waals surface area contributed by atoms with Gasteiger partial charge < -0.3 is 0 Å². The number of aldehydes is 1. The van der Waals surface area contributed by atoms with Gasteiger partial charge in [0.1, 0.15) is 0 Å². The molecule has 0 radical (unpaired) electrons. The standard InChI is InChI=1S/C18H13NO3/c1-12-6-8-16(18(10-12)19(21)22)15-9-7-13-4-2-3-5-14(13)17(15)11-20/h2-11H,1H3. The van der Waals surface area contributed by atoms with Gasteiger partial charge in [0.25, 0.3) is 5.69 Å². The van der Waals surface area contributed by atoms with Crippen molar-refractivity contribution in [2.75, 3.05) is 0 Å². The van der Waals surface area contributed by atoms with E-state index in [0.717, 1.165) is 22.6 Å². The summed E-state index contributed by atoms with van der Waals surface area (Å²) in [5, 5.41) is 13.1. The Kier molecular flexibility index (Phi) is 3.43. The average molecular weight is 291 g/mol. The molecule has 4 nitrogen and oxygen atoms in total. The molecule has 0 unspecified atom stereocenters. The first-order valence-electron chi connectivity index (χ1n) is 6.84. The van der Waals surface area contributed by atoms with E-state index in [1.807, 2.05) is 36.4 Å². The van der Waals surface area contributed by atoms with Gasteiger partial charge in [-0.1, -0.05) is 42.5 Å². The van der Waals surface area contributed by atoms with E-state index >= 15 is 0 Å². The third-order valence-corrected chi connectivity index (χ3v) is 3.73. The quantitative estimate of drug-likeness (QED) is 0.404. The summed E-state index contributed by atoms with van der Waals surface area (Å²) < 4.78 is 0. The van der Waals surface area contributed by atoms with Gasteiger partial charge in [0.2, 0.25) is 0 Å². The van der Waals surface area contributed by atoms with Gasteiger partial charge in [0.15, 0.2) is 6.29 Å². The summed E-state index contributed by atoms with van der Waals surface area (Å²) in [7, 11) is 0. The fraction of sp³-hybridized carbons (Fsp3) is 0.0556. The molecule has 22 heavy (non-hydrogen) atoms. The molecule has 0 aromatic heterocycles. The van der Waals surface area contributed by atoms with Crippen molar-refractivity contribution in [3.05, 3.63) is 75.8 Å². The molecule has 0 aliphatic heterocycles. The minimum atomic E-state index is -0.411. The van der Waals surface area contributed by atoms with Crippen LogP contribution in [0.1, 0.15) is 15.9 Å². The molecule has 0 aliphatic rings. The van der Waals surface area contributed by atoms with Crippen molar-refractivity contribution in [2.24, 2.45) is 0 Å². The van der Waals surface area contributed by atoms with Crippen LogP contribution in [0, 0.1) is 17.0 Å². The highest BCUT2D eigenvalue weighted by molar-refractivity contribution is 6.05. The van der Waals surface area contributed by atoms with E-state index in [2.05, 4.69) is 0 Å². The lowest BCUT2D eigenvalue weighted by atomic mass is 9.93. The Morgan fingerprint density at radius 1 is 1.00 bits per heavy atom. The second-order valence-corrected chi connectivity index (χ2v) is 5.14. The fourth-order valence-corrected chi connectivity index (χ4v) is 2.68. The van der Waals surface area contributed by atoms with E-state index in [1.54, 1.807) is 19.1 Å². The van der Waals surface area contributed by atoms with Gasteiger partial charge >= 0.3 is 0 Å². The molecule has 0 saturated carbocycles. The van der Waals surface area contributed by atoms with E-state index in [-0.39, 0.29) is 5.69 Å². The third-order valence-electron chi connectivity index (χ3n) is 3.73. The minimum absolute atomic E-state index is 0.0124. The first-order valence-corrected chi connectivity index (χ1v) is 6.84. The zero-order chi connectivity index (χ0) is 15.7. The number of carbonyl (C=O) groups excluding carboxylic acids is 1. The average Bonchev–Trinajstić information content (AvgIpc) is 2.53. The molecular weight excluding hydrogens is 278 g/mol. The molecule has 0 aliphatic carbocycles. The highest BCUT2D eigenvalue weighted by Gasteiger charge is 2.19. The van der Waals surface area contributed by atoms with Gasteiger partial charge in [-0.2, -0.15) is 0 Å². The lowest BCUT2D eigenvalue weighted by Gasteiger charge is -2.10. The summed E-state index contributed by atoms with van der Waals surface area (Å²) >= 11 is 0. The Bertz CT molecular complexity index is 900. The van der Waals surface area contributed by atoms with E-state index in [0.29, 0.717) is 16.7 Å². The van der Waals surface area contributed by atoms with Crippen LogP contribution in [0.5, 0.6) is 0 Å². The second-order valence-electron chi connectivity index (χ2n) is 5.14. The summed E-state index contributed by atoms with van der Waals surface area (Å²) in [5.41, 5.74) is 2.34. The van der Waals surface area contributed by atoms with Crippen molar-refractivity contribution in [1.82, 2.24) is 0 Å². The Morgan fingerprint density at radius 2 is 1.73 bits per heavy atom. The molecule has 3 rings (SSSR count). The molecule has 0 bridgehead atoms. The number of nitro groups is 1. The summed E-state index contributed by atoms with van der Waals surface area (Å²) in [5.74, 6) is 0. The first-order chi connectivity index (χ1) is 10.6. The Morgan fingerprint density at radius 3 is 2.45 bits per heavy atom. The van der Waals surface area contributed by atoms with E-state index in [4.69, 9.17) is 0 Å². The van der Waals surface area contributed by atoms with E-state index in [1.165, 1.54) is 6.07 Å². The molecule has 3 aromatic rings. The summed E-state index contributed by atoms with van der Waals surface area (Å²) in [4.78, 5) is 22.5. The maximum Gasteiger partial charge on any atom is 0.277 e. The molecule has 0 amide bonds. The molecule has 0 fully saturated rings. The van der Waals surface area contributed by atoms with Crippen LogP contribution < -0.4 is 0 Å². The predicted molar refractivity (Wildman–Crippen MR) is 86.2 cm³/mol. The van der Waals surface area contributed by atoms with Crippen LogP contribution in [0.4, 0.5) is 5.69 Å². The van der Waals surface area contributed by atoms with Crippen LogP contribution in [0.3, 0.4) is 0 Å². The van der Waals surface area contributed by atoms with Crippen molar-refractivity contribution in [1.29, 1.82) is 0 Å². The van der Waals surface area contributed by atoms with Crippen molar-refractivity contribution in [3.63, 3.8) is 0 Å². The SMILES string of the molecule is Cc1ccc(-c2ccc3ccccc3c2C=O)c([N+](=O)[O-])c1. The van der Waals surface area contributed by atoms with Crippen molar-refractivity contribution in [3.8, 4) is 11.1 Å². The smallest absolute Gasteiger partial charge is 0.277 e. The maximum absolute atomic E-state index is 11.6.